The molecular formula is C11H21F3N2O2. The fourth-order valence-corrected chi connectivity index (χ4v) is 1.74. The van der Waals surface area contributed by atoms with Crippen molar-refractivity contribution in [3.8, 4) is 0 Å². The molecule has 0 aliphatic heterocycles. The van der Waals surface area contributed by atoms with E-state index in [-0.39, 0.29) is 13.1 Å². The zero-order chi connectivity index (χ0) is 14.3. The van der Waals surface area contributed by atoms with Gasteiger partial charge in [-0.05, 0) is 40.2 Å². The number of aliphatic carboxylic acids is 1. The molecule has 0 aliphatic carbocycles. The lowest BCUT2D eigenvalue weighted by molar-refractivity contribution is -0.190. The summed E-state index contributed by atoms with van der Waals surface area (Å²) in [5.74, 6) is -1.43. The first-order valence-corrected chi connectivity index (χ1v) is 5.85. The Morgan fingerprint density at radius 2 is 1.83 bits per heavy atom. The molecule has 18 heavy (non-hydrogen) atoms. The smallest absolute Gasteiger partial charge is 0.404 e. The number of alkyl halides is 3. The van der Waals surface area contributed by atoms with Crippen LogP contribution < -0.4 is 0 Å². The maximum Gasteiger partial charge on any atom is 0.404 e. The van der Waals surface area contributed by atoms with Gasteiger partial charge in [0.15, 0.2) is 0 Å². The second-order valence-corrected chi connectivity index (χ2v) is 4.44. The van der Waals surface area contributed by atoms with Crippen molar-refractivity contribution < 1.29 is 23.1 Å². The monoisotopic (exact) mass is 270 g/mol. The molecular weight excluding hydrogens is 249 g/mol. The zero-order valence-corrected chi connectivity index (χ0v) is 11.0. The molecule has 1 atom stereocenters. The summed E-state index contributed by atoms with van der Waals surface area (Å²) >= 11 is 0. The lowest BCUT2D eigenvalue weighted by Crippen LogP contribution is -2.47. The Kier molecular flexibility index (Phi) is 7.23. The Labute approximate surface area is 105 Å². The van der Waals surface area contributed by atoms with Crippen LogP contribution in [-0.4, -0.2) is 66.8 Å². The fourth-order valence-electron chi connectivity index (χ4n) is 1.74. The van der Waals surface area contributed by atoms with E-state index in [4.69, 9.17) is 5.11 Å². The molecule has 4 nitrogen and oxygen atoms in total. The van der Waals surface area contributed by atoms with Crippen molar-refractivity contribution in [1.82, 2.24) is 9.80 Å². The van der Waals surface area contributed by atoms with Gasteiger partial charge in [0, 0.05) is 0 Å². The van der Waals surface area contributed by atoms with Crippen molar-refractivity contribution in [3.05, 3.63) is 0 Å². The van der Waals surface area contributed by atoms with Crippen molar-refractivity contribution in [2.24, 2.45) is 0 Å². The maximum atomic E-state index is 12.8. The number of hydrogen-bond donors (Lipinski definition) is 1. The molecule has 0 bridgehead atoms. The summed E-state index contributed by atoms with van der Waals surface area (Å²) in [5, 5.41) is 8.57. The SMILES string of the molecule is CCN(CCCN(C)C)C(CC(=O)O)C(F)(F)F. The highest BCUT2D eigenvalue weighted by molar-refractivity contribution is 5.67. The Morgan fingerprint density at radius 3 is 2.17 bits per heavy atom. The van der Waals surface area contributed by atoms with Gasteiger partial charge in [-0.25, -0.2) is 0 Å². The summed E-state index contributed by atoms with van der Waals surface area (Å²) < 4.78 is 38.4. The van der Waals surface area contributed by atoms with E-state index in [1.165, 1.54) is 4.90 Å². The van der Waals surface area contributed by atoms with E-state index in [1.54, 1.807) is 6.92 Å². The maximum absolute atomic E-state index is 12.8. The molecule has 1 unspecified atom stereocenters. The predicted octanol–water partition coefficient (Wildman–Crippen LogP) is 1.67. The van der Waals surface area contributed by atoms with Crippen LogP contribution in [0.15, 0.2) is 0 Å². The number of nitrogens with zero attached hydrogens (tertiary/aromatic N) is 2. The van der Waals surface area contributed by atoms with Gasteiger partial charge in [0.1, 0.15) is 6.04 Å². The third-order valence-corrected chi connectivity index (χ3v) is 2.64. The van der Waals surface area contributed by atoms with Crippen molar-refractivity contribution in [1.29, 1.82) is 0 Å². The van der Waals surface area contributed by atoms with Gasteiger partial charge in [0.2, 0.25) is 0 Å². The quantitative estimate of drug-likeness (QED) is 0.728. The summed E-state index contributed by atoms with van der Waals surface area (Å²) in [6, 6.07) is -1.90. The van der Waals surface area contributed by atoms with Crippen LogP contribution in [-0.2, 0) is 4.79 Å². The molecule has 0 aromatic heterocycles. The topological polar surface area (TPSA) is 43.8 Å². The zero-order valence-electron chi connectivity index (χ0n) is 11.0. The average molecular weight is 270 g/mol. The normalized spacial score (nSPS) is 14.2. The number of rotatable bonds is 8. The molecule has 0 heterocycles. The fraction of sp³-hybridized carbons (Fsp3) is 0.909. The van der Waals surface area contributed by atoms with Crippen molar-refractivity contribution in [2.75, 3.05) is 33.7 Å². The molecule has 0 saturated heterocycles. The van der Waals surface area contributed by atoms with Gasteiger partial charge >= 0.3 is 12.1 Å². The van der Waals surface area contributed by atoms with Crippen molar-refractivity contribution in [2.45, 2.75) is 32.0 Å². The Hall–Kier alpha value is -0.820. The Morgan fingerprint density at radius 1 is 1.28 bits per heavy atom. The van der Waals surface area contributed by atoms with Crippen LogP contribution in [0.5, 0.6) is 0 Å². The molecule has 0 fully saturated rings. The van der Waals surface area contributed by atoms with Crippen molar-refractivity contribution in [3.63, 3.8) is 0 Å². The number of carboxylic acids is 1. The Bertz CT molecular complexity index is 257. The van der Waals surface area contributed by atoms with Crippen LogP contribution in [0.2, 0.25) is 0 Å². The van der Waals surface area contributed by atoms with E-state index >= 15 is 0 Å². The second kappa shape index (κ2) is 7.58. The first kappa shape index (κ1) is 17.2. The van der Waals surface area contributed by atoms with E-state index in [0.29, 0.717) is 13.0 Å². The minimum Gasteiger partial charge on any atom is -0.481 e. The van der Waals surface area contributed by atoms with E-state index in [1.807, 2.05) is 19.0 Å². The van der Waals surface area contributed by atoms with Gasteiger partial charge in [-0.3, -0.25) is 9.69 Å². The van der Waals surface area contributed by atoms with Gasteiger partial charge < -0.3 is 10.0 Å². The molecule has 7 heteroatoms. The minimum absolute atomic E-state index is 0.185. The van der Waals surface area contributed by atoms with E-state index < -0.39 is 24.6 Å². The van der Waals surface area contributed by atoms with Gasteiger partial charge in [-0.1, -0.05) is 6.92 Å². The molecule has 1 N–H and O–H groups in total. The third kappa shape index (κ3) is 6.80. The average Bonchev–Trinajstić information content (AvgIpc) is 2.19. The van der Waals surface area contributed by atoms with Gasteiger partial charge in [0.25, 0.3) is 0 Å². The predicted molar refractivity (Wildman–Crippen MR) is 62.5 cm³/mol. The highest BCUT2D eigenvalue weighted by atomic mass is 19.4. The first-order chi connectivity index (χ1) is 8.18. The van der Waals surface area contributed by atoms with E-state index in [0.717, 1.165) is 0 Å². The van der Waals surface area contributed by atoms with Gasteiger partial charge in [0.05, 0.1) is 6.42 Å². The molecule has 0 aliphatic rings. The number of hydrogen-bond acceptors (Lipinski definition) is 3. The molecule has 0 saturated carbocycles. The van der Waals surface area contributed by atoms with Crippen LogP contribution in [0.1, 0.15) is 19.8 Å². The van der Waals surface area contributed by atoms with Crippen LogP contribution >= 0.6 is 0 Å². The van der Waals surface area contributed by atoms with Crippen LogP contribution in [0.4, 0.5) is 13.2 Å². The van der Waals surface area contributed by atoms with Crippen LogP contribution in [0.25, 0.3) is 0 Å². The molecule has 108 valence electrons. The first-order valence-electron chi connectivity index (χ1n) is 5.85. The van der Waals surface area contributed by atoms with Crippen molar-refractivity contribution >= 4 is 5.97 Å². The summed E-state index contributed by atoms with van der Waals surface area (Å²) in [6.45, 7) is 2.71. The largest absolute Gasteiger partial charge is 0.481 e. The Balaban J connectivity index is 4.56. The number of carbonyl (C=O) groups is 1. The lowest BCUT2D eigenvalue weighted by Gasteiger charge is -2.31. The molecule has 0 spiro atoms. The molecule has 0 amide bonds. The molecule has 0 aromatic rings. The standard InChI is InChI=1S/C11H21F3N2O2/c1-4-16(7-5-6-15(2)3)9(8-10(17)18)11(12,13)14/h9H,4-8H2,1-3H3,(H,17,18). The van der Waals surface area contributed by atoms with Gasteiger partial charge in [-0.15, -0.1) is 0 Å². The lowest BCUT2D eigenvalue weighted by atomic mass is 10.1. The molecule has 0 aromatic carbocycles. The second-order valence-electron chi connectivity index (χ2n) is 4.44. The highest BCUT2D eigenvalue weighted by Gasteiger charge is 2.44. The number of halogens is 3. The summed E-state index contributed by atoms with van der Waals surface area (Å²) in [4.78, 5) is 13.6. The third-order valence-electron chi connectivity index (χ3n) is 2.64. The van der Waals surface area contributed by atoms with E-state index in [9.17, 15) is 18.0 Å². The van der Waals surface area contributed by atoms with Crippen LogP contribution in [0.3, 0.4) is 0 Å². The molecule has 0 radical (unpaired) electrons. The number of carboxylic acid groups (broad SMARTS) is 1. The van der Waals surface area contributed by atoms with E-state index in [2.05, 4.69) is 0 Å². The molecule has 0 rings (SSSR count). The summed E-state index contributed by atoms with van der Waals surface area (Å²) in [5.41, 5.74) is 0. The highest BCUT2D eigenvalue weighted by Crippen LogP contribution is 2.27. The summed E-state index contributed by atoms with van der Waals surface area (Å²) in [6.07, 6.45) is -4.83. The summed E-state index contributed by atoms with van der Waals surface area (Å²) in [7, 11) is 3.68. The van der Waals surface area contributed by atoms with Gasteiger partial charge in [-0.2, -0.15) is 13.2 Å². The van der Waals surface area contributed by atoms with Crippen LogP contribution in [0, 0.1) is 0 Å². The minimum atomic E-state index is -4.51.